The number of esters is 2. The van der Waals surface area contributed by atoms with Crippen LogP contribution in [0.15, 0.2) is 24.3 Å². The van der Waals surface area contributed by atoms with Crippen molar-refractivity contribution in [2.75, 3.05) is 26.2 Å². The maximum Gasteiger partial charge on any atom is 0.306 e. The molecule has 0 unspecified atom stereocenters. The van der Waals surface area contributed by atoms with Gasteiger partial charge >= 0.3 is 11.9 Å². The molecule has 0 saturated heterocycles. The number of para-hydroxylation sites is 1. The molecule has 1 aromatic rings. The first-order valence-corrected chi connectivity index (χ1v) is 7.93. The van der Waals surface area contributed by atoms with Crippen LogP contribution in [0.4, 0.5) is 5.69 Å². The fourth-order valence-electron chi connectivity index (χ4n) is 3.34. The standard InChI is InChI=1S/C18H23NO5/c1-19-14-8-5-4-7-13(14)11-18(17(19)22,12-16(21)24-3)10-6-9-15(20)23-2/h4-5,7-8H,6,9-12H2,1-3H3/t18-/m0/s1. The van der Waals surface area contributed by atoms with Gasteiger partial charge in [0.05, 0.1) is 26.1 Å². The summed E-state index contributed by atoms with van der Waals surface area (Å²) in [5.41, 5.74) is 0.988. The van der Waals surface area contributed by atoms with Gasteiger partial charge in [-0.3, -0.25) is 14.4 Å². The first-order valence-electron chi connectivity index (χ1n) is 7.93. The Balaban J connectivity index is 2.30. The Kier molecular flexibility index (Phi) is 5.59. The first-order chi connectivity index (χ1) is 11.4. The third-order valence-electron chi connectivity index (χ3n) is 4.61. The number of carbonyl (C=O) groups excluding carboxylic acids is 3. The summed E-state index contributed by atoms with van der Waals surface area (Å²) < 4.78 is 9.45. The van der Waals surface area contributed by atoms with Crippen molar-refractivity contribution in [1.29, 1.82) is 0 Å². The van der Waals surface area contributed by atoms with Gasteiger partial charge in [0, 0.05) is 19.2 Å². The van der Waals surface area contributed by atoms with E-state index in [2.05, 4.69) is 4.74 Å². The maximum atomic E-state index is 13.0. The lowest BCUT2D eigenvalue weighted by atomic mass is 9.71. The van der Waals surface area contributed by atoms with E-state index in [-0.39, 0.29) is 24.7 Å². The summed E-state index contributed by atoms with van der Waals surface area (Å²) in [7, 11) is 4.37. The fourth-order valence-corrected chi connectivity index (χ4v) is 3.34. The van der Waals surface area contributed by atoms with E-state index < -0.39 is 11.4 Å². The molecule has 1 atom stereocenters. The number of anilines is 1. The van der Waals surface area contributed by atoms with E-state index in [0.29, 0.717) is 19.3 Å². The second-order valence-electron chi connectivity index (χ2n) is 6.13. The Morgan fingerprint density at radius 2 is 1.83 bits per heavy atom. The van der Waals surface area contributed by atoms with Gasteiger partial charge in [-0.05, 0) is 30.9 Å². The molecular weight excluding hydrogens is 310 g/mol. The lowest BCUT2D eigenvalue weighted by Crippen LogP contribution is -2.48. The smallest absolute Gasteiger partial charge is 0.306 e. The van der Waals surface area contributed by atoms with Crippen molar-refractivity contribution in [2.24, 2.45) is 5.41 Å². The molecule has 0 radical (unpaired) electrons. The Hall–Kier alpha value is -2.37. The molecule has 0 aliphatic carbocycles. The molecule has 1 aliphatic heterocycles. The van der Waals surface area contributed by atoms with Crippen LogP contribution in [0.5, 0.6) is 0 Å². The van der Waals surface area contributed by atoms with Gasteiger partial charge < -0.3 is 14.4 Å². The van der Waals surface area contributed by atoms with Crippen molar-refractivity contribution in [3.8, 4) is 0 Å². The second-order valence-corrected chi connectivity index (χ2v) is 6.13. The van der Waals surface area contributed by atoms with Gasteiger partial charge in [-0.1, -0.05) is 18.2 Å². The van der Waals surface area contributed by atoms with E-state index in [1.165, 1.54) is 14.2 Å². The van der Waals surface area contributed by atoms with Crippen molar-refractivity contribution < 1.29 is 23.9 Å². The Morgan fingerprint density at radius 1 is 1.17 bits per heavy atom. The number of fused-ring (bicyclic) bond motifs is 1. The lowest BCUT2D eigenvalue weighted by Gasteiger charge is -2.40. The Morgan fingerprint density at radius 3 is 2.50 bits per heavy atom. The molecule has 6 heteroatoms. The van der Waals surface area contributed by atoms with E-state index in [0.717, 1.165) is 11.3 Å². The number of methoxy groups -OCH3 is 2. The van der Waals surface area contributed by atoms with Crippen molar-refractivity contribution in [2.45, 2.75) is 32.1 Å². The van der Waals surface area contributed by atoms with Crippen LogP contribution in [0, 0.1) is 5.41 Å². The van der Waals surface area contributed by atoms with Gasteiger partial charge in [-0.15, -0.1) is 0 Å². The molecule has 1 aliphatic rings. The zero-order valence-corrected chi connectivity index (χ0v) is 14.3. The molecule has 0 fully saturated rings. The summed E-state index contributed by atoms with van der Waals surface area (Å²) in [5, 5.41) is 0. The van der Waals surface area contributed by atoms with E-state index in [4.69, 9.17) is 4.74 Å². The van der Waals surface area contributed by atoms with E-state index in [9.17, 15) is 14.4 Å². The molecule has 24 heavy (non-hydrogen) atoms. The van der Waals surface area contributed by atoms with Crippen LogP contribution < -0.4 is 4.90 Å². The maximum absolute atomic E-state index is 13.0. The molecule has 130 valence electrons. The molecule has 0 N–H and O–H groups in total. The van der Waals surface area contributed by atoms with Gasteiger partial charge in [0.2, 0.25) is 5.91 Å². The topological polar surface area (TPSA) is 72.9 Å². The minimum atomic E-state index is -0.885. The summed E-state index contributed by atoms with van der Waals surface area (Å²) in [6.07, 6.45) is 1.59. The lowest BCUT2D eigenvalue weighted by molar-refractivity contribution is -0.148. The zero-order chi connectivity index (χ0) is 17.7. The number of rotatable bonds is 6. The molecule has 2 rings (SSSR count). The molecule has 0 spiro atoms. The molecule has 6 nitrogen and oxygen atoms in total. The summed E-state index contributed by atoms with van der Waals surface area (Å²) in [6.45, 7) is 0. The van der Waals surface area contributed by atoms with Gasteiger partial charge in [0.25, 0.3) is 0 Å². The molecule has 0 bridgehead atoms. The van der Waals surface area contributed by atoms with Gasteiger partial charge in [0.15, 0.2) is 0 Å². The number of carbonyl (C=O) groups is 3. The number of amides is 1. The second kappa shape index (κ2) is 7.47. The zero-order valence-electron chi connectivity index (χ0n) is 14.3. The summed E-state index contributed by atoms with van der Waals surface area (Å²) in [5.74, 6) is -0.856. The predicted molar refractivity (Wildman–Crippen MR) is 88.5 cm³/mol. The largest absolute Gasteiger partial charge is 0.469 e. The number of ether oxygens (including phenoxy) is 2. The number of hydrogen-bond donors (Lipinski definition) is 0. The predicted octanol–water partition coefficient (Wildman–Crippen LogP) is 2.10. The SMILES string of the molecule is COC(=O)CCC[C@@]1(CC(=O)OC)Cc2ccccc2N(C)C1=O. The molecule has 1 amide bonds. The van der Waals surface area contributed by atoms with Gasteiger partial charge in [-0.2, -0.15) is 0 Å². The van der Waals surface area contributed by atoms with E-state index in [1.54, 1.807) is 11.9 Å². The average molecular weight is 333 g/mol. The van der Waals surface area contributed by atoms with Crippen LogP contribution in [0.3, 0.4) is 0 Å². The monoisotopic (exact) mass is 333 g/mol. The van der Waals surface area contributed by atoms with Gasteiger partial charge in [0.1, 0.15) is 0 Å². The molecule has 1 heterocycles. The number of nitrogens with zero attached hydrogens (tertiary/aromatic N) is 1. The van der Waals surface area contributed by atoms with Crippen LogP contribution in [0.2, 0.25) is 0 Å². The summed E-state index contributed by atoms with van der Waals surface area (Å²) in [4.78, 5) is 37.9. The van der Waals surface area contributed by atoms with Crippen molar-refractivity contribution in [3.63, 3.8) is 0 Å². The highest BCUT2D eigenvalue weighted by Gasteiger charge is 2.46. The molecular formula is C18H23NO5. The first kappa shape index (κ1) is 18.0. The van der Waals surface area contributed by atoms with Crippen molar-refractivity contribution >= 4 is 23.5 Å². The Labute approximate surface area is 141 Å². The normalized spacial score (nSPS) is 19.6. The third kappa shape index (κ3) is 3.58. The van der Waals surface area contributed by atoms with Crippen LogP contribution in [0.1, 0.15) is 31.2 Å². The van der Waals surface area contributed by atoms with Crippen molar-refractivity contribution in [1.82, 2.24) is 0 Å². The van der Waals surface area contributed by atoms with Crippen LogP contribution in [-0.4, -0.2) is 39.1 Å². The Bertz CT molecular complexity index is 642. The van der Waals surface area contributed by atoms with Crippen LogP contribution in [-0.2, 0) is 30.3 Å². The van der Waals surface area contributed by atoms with Crippen LogP contribution in [0.25, 0.3) is 0 Å². The fraction of sp³-hybridized carbons (Fsp3) is 0.500. The number of hydrogen-bond acceptors (Lipinski definition) is 5. The van der Waals surface area contributed by atoms with Crippen LogP contribution >= 0.6 is 0 Å². The highest BCUT2D eigenvalue weighted by Crippen LogP contribution is 2.42. The highest BCUT2D eigenvalue weighted by atomic mass is 16.5. The highest BCUT2D eigenvalue weighted by molar-refractivity contribution is 6.02. The average Bonchev–Trinajstić information content (AvgIpc) is 2.59. The molecule has 0 aromatic heterocycles. The van der Waals surface area contributed by atoms with Crippen molar-refractivity contribution in [3.05, 3.63) is 29.8 Å². The quantitative estimate of drug-likeness (QED) is 0.746. The molecule has 1 aromatic carbocycles. The minimum Gasteiger partial charge on any atom is -0.469 e. The molecule has 0 saturated carbocycles. The summed E-state index contributed by atoms with van der Waals surface area (Å²) >= 11 is 0. The van der Waals surface area contributed by atoms with E-state index >= 15 is 0 Å². The summed E-state index contributed by atoms with van der Waals surface area (Å²) in [6, 6.07) is 7.65. The minimum absolute atomic E-state index is 0.00216. The van der Waals surface area contributed by atoms with Gasteiger partial charge in [-0.25, -0.2) is 0 Å². The third-order valence-corrected chi connectivity index (χ3v) is 4.61. The number of benzene rings is 1. The van der Waals surface area contributed by atoms with E-state index in [1.807, 2.05) is 24.3 Å².